The van der Waals surface area contributed by atoms with Crippen LogP contribution in [0, 0.1) is 0 Å². The lowest BCUT2D eigenvalue weighted by molar-refractivity contribution is 0.0492. The number of anilines is 1. The van der Waals surface area contributed by atoms with Gasteiger partial charge in [-0.1, -0.05) is 12.1 Å². The number of alkyl carbamates (subject to hydrolysis) is 1. The molecule has 0 aliphatic carbocycles. The SMILES string of the molecule is CC(C)(C)OC(=O)NC[C@@H](O)c1ccc(N)cc1. The summed E-state index contributed by atoms with van der Waals surface area (Å²) < 4.78 is 5.06. The van der Waals surface area contributed by atoms with E-state index in [0.29, 0.717) is 11.3 Å². The predicted molar refractivity (Wildman–Crippen MR) is 70.1 cm³/mol. The monoisotopic (exact) mass is 252 g/mol. The number of benzene rings is 1. The molecular weight excluding hydrogens is 232 g/mol. The van der Waals surface area contributed by atoms with Crippen molar-refractivity contribution in [2.24, 2.45) is 0 Å². The van der Waals surface area contributed by atoms with Crippen molar-refractivity contribution in [3.8, 4) is 0 Å². The lowest BCUT2D eigenvalue weighted by atomic mass is 10.1. The Hall–Kier alpha value is -1.75. The minimum atomic E-state index is -0.780. The fourth-order valence-electron chi connectivity index (χ4n) is 1.33. The van der Waals surface area contributed by atoms with Gasteiger partial charge in [0.1, 0.15) is 5.60 Å². The molecule has 0 aliphatic rings. The molecule has 1 aromatic rings. The molecule has 5 nitrogen and oxygen atoms in total. The molecule has 0 radical (unpaired) electrons. The first kappa shape index (κ1) is 14.3. The highest BCUT2D eigenvalue weighted by atomic mass is 16.6. The molecular formula is C13H20N2O3. The van der Waals surface area contributed by atoms with Crippen LogP contribution in [0.5, 0.6) is 0 Å². The van der Waals surface area contributed by atoms with Gasteiger partial charge in [0.25, 0.3) is 0 Å². The molecule has 1 rings (SSSR count). The zero-order chi connectivity index (χ0) is 13.8. The Morgan fingerprint density at radius 1 is 1.39 bits per heavy atom. The number of carbonyl (C=O) groups is 1. The molecule has 1 amide bonds. The minimum Gasteiger partial charge on any atom is -0.444 e. The van der Waals surface area contributed by atoms with Crippen LogP contribution in [-0.4, -0.2) is 23.3 Å². The second-order valence-electron chi connectivity index (χ2n) is 5.07. The molecule has 100 valence electrons. The summed E-state index contributed by atoms with van der Waals surface area (Å²) in [5.74, 6) is 0. The zero-order valence-electron chi connectivity index (χ0n) is 10.9. The van der Waals surface area contributed by atoms with Crippen LogP contribution in [0.3, 0.4) is 0 Å². The van der Waals surface area contributed by atoms with E-state index in [0.717, 1.165) is 0 Å². The molecule has 5 heteroatoms. The molecule has 18 heavy (non-hydrogen) atoms. The number of hydrogen-bond donors (Lipinski definition) is 3. The van der Waals surface area contributed by atoms with Gasteiger partial charge in [0, 0.05) is 5.69 Å². The van der Waals surface area contributed by atoms with Gasteiger partial charge in [-0.3, -0.25) is 0 Å². The highest BCUT2D eigenvalue weighted by Gasteiger charge is 2.17. The number of nitrogens with two attached hydrogens (primary N) is 1. The first-order valence-electron chi connectivity index (χ1n) is 5.78. The van der Waals surface area contributed by atoms with Gasteiger partial charge in [-0.05, 0) is 38.5 Å². The molecule has 0 saturated heterocycles. The molecule has 0 saturated carbocycles. The van der Waals surface area contributed by atoms with Crippen LogP contribution in [0.2, 0.25) is 0 Å². The number of rotatable bonds is 3. The average Bonchev–Trinajstić information content (AvgIpc) is 2.24. The van der Waals surface area contributed by atoms with Gasteiger partial charge in [0.15, 0.2) is 0 Å². The second-order valence-corrected chi connectivity index (χ2v) is 5.07. The molecule has 0 heterocycles. The Kier molecular flexibility index (Phi) is 4.55. The highest BCUT2D eigenvalue weighted by Crippen LogP contribution is 2.14. The standard InChI is InChI=1S/C13H20N2O3/c1-13(2,3)18-12(17)15-8-11(16)9-4-6-10(14)7-5-9/h4-7,11,16H,8,14H2,1-3H3,(H,15,17)/t11-/m1/s1. The van der Waals surface area contributed by atoms with Crippen molar-refractivity contribution in [2.45, 2.75) is 32.5 Å². The number of nitrogens with one attached hydrogen (secondary N) is 1. The summed E-state index contributed by atoms with van der Waals surface area (Å²) >= 11 is 0. The van der Waals surface area contributed by atoms with E-state index in [1.807, 2.05) is 0 Å². The van der Waals surface area contributed by atoms with Gasteiger partial charge in [0.2, 0.25) is 0 Å². The van der Waals surface area contributed by atoms with Crippen LogP contribution in [0.4, 0.5) is 10.5 Å². The van der Waals surface area contributed by atoms with Crippen molar-refractivity contribution in [2.75, 3.05) is 12.3 Å². The van der Waals surface area contributed by atoms with Crippen LogP contribution in [0.15, 0.2) is 24.3 Å². The topological polar surface area (TPSA) is 84.6 Å². The van der Waals surface area contributed by atoms with Gasteiger partial charge in [-0.25, -0.2) is 4.79 Å². The summed E-state index contributed by atoms with van der Waals surface area (Å²) in [5, 5.41) is 12.4. The molecule has 0 fully saturated rings. The van der Waals surface area contributed by atoms with Crippen LogP contribution >= 0.6 is 0 Å². The number of hydrogen-bond acceptors (Lipinski definition) is 4. The molecule has 4 N–H and O–H groups in total. The van der Waals surface area contributed by atoms with Crippen LogP contribution < -0.4 is 11.1 Å². The molecule has 0 aromatic heterocycles. The lowest BCUT2D eigenvalue weighted by Gasteiger charge is -2.20. The third-order valence-electron chi connectivity index (χ3n) is 2.16. The van der Waals surface area contributed by atoms with Crippen molar-refractivity contribution < 1.29 is 14.6 Å². The number of ether oxygens (including phenoxy) is 1. The summed E-state index contributed by atoms with van der Waals surface area (Å²) in [5.41, 5.74) is 6.33. The van der Waals surface area contributed by atoms with E-state index >= 15 is 0 Å². The fraction of sp³-hybridized carbons (Fsp3) is 0.462. The van der Waals surface area contributed by atoms with Crippen LogP contribution in [0.25, 0.3) is 0 Å². The number of amides is 1. The zero-order valence-corrected chi connectivity index (χ0v) is 10.9. The maximum atomic E-state index is 11.4. The third-order valence-corrected chi connectivity index (χ3v) is 2.16. The van der Waals surface area contributed by atoms with Crippen molar-refractivity contribution in [3.05, 3.63) is 29.8 Å². The number of nitrogen functional groups attached to an aromatic ring is 1. The molecule has 1 aromatic carbocycles. The molecule has 0 unspecified atom stereocenters. The van der Waals surface area contributed by atoms with Crippen molar-refractivity contribution in [3.63, 3.8) is 0 Å². The Labute approximate surface area is 107 Å². The Bertz CT molecular complexity index is 396. The van der Waals surface area contributed by atoms with Gasteiger partial charge in [-0.15, -0.1) is 0 Å². The number of carbonyl (C=O) groups excluding carboxylic acids is 1. The predicted octanol–water partition coefficient (Wildman–Crippen LogP) is 1.83. The average molecular weight is 252 g/mol. The number of aliphatic hydroxyl groups excluding tert-OH is 1. The van der Waals surface area contributed by atoms with E-state index in [1.54, 1.807) is 45.0 Å². The van der Waals surface area contributed by atoms with E-state index in [-0.39, 0.29) is 6.54 Å². The van der Waals surface area contributed by atoms with Crippen molar-refractivity contribution in [1.29, 1.82) is 0 Å². The first-order chi connectivity index (χ1) is 8.28. The fourth-order valence-corrected chi connectivity index (χ4v) is 1.33. The van der Waals surface area contributed by atoms with E-state index in [9.17, 15) is 9.90 Å². The Morgan fingerprint density at radius 2 is 1.94 bits per heavy atom. The molecule has 0 spiro atoms. The van der Waals surface area contributed by atoms with Crippen molar-refractivity contribution >= 4 is 11.8 Å². The van der Waals surface area contributed by atoms with Gasteiger partial charge < -0.3 is 20.9 Å². The first-order valence-corrected chi connectivity index (χ1v) is 5.78. The van der Waals surface area contributed by atoms with Crippen LogP contribution in [0.1, 0.15) is 32.4 Å². The maximum Gasteiger partial charge on any atom is 0.407 e. The third kappa shape index (κ3) is 5.05. The molecule has 1 atom stereocenters. The van der Waals surface area contributed by atoms with Crippen molar-refractivity contribution in [1.82, 2.24) is 5.32 Å². The van der Waals surface area contributed by atoms with E-state index in [1.165, 1.54) is 0 Å². The summed E-state index contributed by atoms with van der Waals surface area (Å²) in [7, 11) is 0. The summed E-state index contributed by atoms with van der Waals surface area (Å²) in [6.45, 7) is 5.44. The second kappa shape index (κ2) is 5.73. The van der Waals surface area contributed by atoms with Gasteiger partial charge in [0.05, 0.1) is 12.6 Å². The largest absolute Gasteiger partial charge is 0.444 e. The quantitative estimate of drug-likeness (QED) is 0.716. The maximum absolute atomic E-state index is 11.4. The normalized spacial score (nSPS) is 12.9. The Morgan fingerprint density at radius 3 is 2.44 bits per heavy atom. The van der Waals surface area contributed by atoms with Crippen LogP contribution in [-0.2, 0) is 4.74 Å². The minimum absolute atomic E-state index is 0.0961. The molecule has 0 aliphatic heterocycles. The van der Waals surface area contributed by atoms with E-state index < -0.39 is 17.8 Å². The number of aliphatic hydroxyl groups is 1. The van der Waals surface area contributed by atoms with Gasteiger partial charge in [-0.2, -0.15) is 0 Å². The summed E-state index contributed by atoms with van der Waals surface area (Å²) in [6.07, 6.45) is -1.32. The molecule has 0 bridgehead atoms. The van der Waals surface area contributed by atoms with Gasteiger partial charge >= 0.3 is 6.09 Å². The summed E-state index contributed by atoms with van der Waals surface area (Å²) in [6, 6.07) is 6.84. The van der Waals surface area contributed by atoms with E-state index in [2.05, 4.69) is 5.32 Å². The smallest absolute Gasteiger partial charge is 0.407 e. The summed E-state index contributed by atoms with van der Waals surface area (Å²) in [4.78, 5) is 11.4. The Balaban J connectivity index is 2.44. The lowest BCUT2D eigenvalue weighted by Crippen LogP contribution is -2.34. The highest BCUT2D eigenvalue weighted by molar-refractivity contribution is 5.67. The van der Waals surface area contributed by atoms with E-state index in [4.69, 9.17) is 10.5 Å².